The molecule has 1 aromatic carbocycles. The molecule has 1 aromatic rings. The van der Waals surface area contributed by atoms with Gasteiger partial charge in [0.05, 0.1) is 13.2 Å². The fourth-order valence-electron chi connectivity index (χ4n) is 5.55. The summed E-state index contributed by atoms with van der Waals surface area (Å²) in [5.74, 6) is 0.132. The number of hydrogen-bond donors (Lipinski definition) is 1. The monoisotopic (exact) mass is 417 g/mol. The van der Waals surface area contributed by atoms with Crippen molar-refractivity contribution in [3.8, 4) is 0 Å². The Kier molecular flexibility index (Phi) is 7.39. The van der Waals surface area contributed by atoms with E-state index in [2.05, 4.69) is 15.1 Å². The van der Waals surface area contributed by atoms with Crippen molar-refractivity contribution in [2.45, 2.75) is 69.5 Å². The number of nitrogens with zero attached hydrogens (tertiary/aromatic N) is 2. The molecule has 166 valence electrons. The predicted molar refractivity (Wildman–Crippen MR) is 116 cm³/mol. The van der Waals surface area contributed by atoms with Gasteiger partial charge >= 0.3 is 0 Å². The van der Waals surface area contributed by atoms with Crippen molar-refractivity contribution < 1.29 is 13.9 Å². The lowest BCUT2D eigenvalue weighted by atomic mass is 9.79. The molecule has 4 rings (SSSR count). The number of halogens is 1. The summed E-state index contributed by atoms with van der Waals surface area (Å²) in [6.45, 7) is 6.10. The highest BCUT2D eigenvalue weighted by molar-refractivity contribution is 5.78. The Labute approximate surface area is 179 Å². The molecule has 1 N–H and O–H groups in total. The van der Waals surface area contributed by atoms with E-state index in [1.54, 1.807) is 0 Å². The fourth-order valence-corrected chi connectivity index (χ4v) is 5.55. The molecule has 0 spiro atoms. The number of morpholine rings is 1. The van der Waals surface area contributed by atoms with Crippen LogP contribution in [-0.4, -0.2) is 66.7 Å². The van der Waals surface area contributed by atoms with E-state index in [-0.39, 0.29) is 11.4 Å². The Morgan fingerprint density at radius 1 is 1.10 bits per heavy atom. The highest BCUT2D eigenvalue weighted by atomic mass is 19.1. The minimum Gasteiger partial charge on any atom is -0.379 e. The highest BCUT2D eigenvalue weighted by Crippen LogP contribution is 2.37. The molecule has 30 heavy (non-hydrogen) atoms. The number of benzene rings is 1. The lowest BCUT2D eigenvalue weighted by Crippen LogP contribution is -2.60. The van der Waals surface area contributed by atoms with Gasteiger partial charge in [0.25, 0.3) is 0 Å². The van der Waals surface area contributed by atoms with Crippen LogP contribution in [0.2, 0.25) is 0 Å². The fraction of sp³-hybridized carbons (Fsp3) is 0.708. The maximum Gasteiger partial charge on any atom is 0.222 e. The van der Waals surface area contributed by atoms with Gasteiger partial charge in [-0.15, -0.1) is 0 Å². The van der Waals surface area contributed by atoms with E-state index in [4.69, 9.17) is 4.74 Å². The summed E-state index contributed by atoms with van der Waals surface area (Å²) in [6.07, 6.45) is 8.88. The molecule has 0 aromatic heterocycles. The third kappa shape index (κ3) is 5.21. The second kappa shape index (κ2) is 10.2. The molecule has 2 saturated heterocycles. The van der Waals surface area contributed by atoms with Crippen LogP contribution in [0.4, 0.5) is 4.39 Å². The van der Waals surface area contributed by atoms with Crippen LogP contribution in [0.5, 0.6) is 0 Å². The highest BCUT2D eigenvalue weighted by Gasteiger charge is 2.43. The van der Waals surface area contributed by atoms with Gasteiger partial charge in [-0.1, -0.05) is 31.4 Å². The van der Waals surface area contributed by atoms with Crippen molar-refractivity contribution in [3.05, 3.63) is 35.6 Å². The summed E-state index contributed by atoms with van der Waals surface area (Å²) in [7, 11) is 0. The predicted octanol–water partition coefficient (Wildman–Crippen LogP) is 3.33. The average Bonchev–Trinajstić information content (AvgIpc) is 3.13. The molecule has 0 unspecified atom stereocenters. The zero-order valence-electron chi connectivity index (χ0n) is 18.1. The van der Waals surface area contributed by atoms with E-state index in [1.165, 1.54) is 44.2 Å². The van der Waals surface area contributed by atoms with Gasteiger partial charge in [-0.25, -0.2) is 4.39 Å². The number of carbonyl (C=O) groups excluding carboxylic acids is 1. The van der Waals surface area contributed by atoms with Gasteiger partial charge in [-0.2, -0.15) is 0 Å². The lowest BCUT2D eigenvalue weighted by molar-refractivity contribution is -0.133. The number of likely N-dealkylation sites (tertiary alicyclic amines) is 1. The van der Waals surface area contributed by atoms with Gasteiger partial charge < -0.3 is 15.0 Å². The van der Waals surface area contributed by atoms with Crippen LogP contribution in [0, 0.1) is 5.82 Å². The Morgan fingerprint density at radius 2 is 1.83 bits per heavy atom. The standard InChI is InChI=1S/C24H36FN3O2/c25-21-6-4-20(5-7-21)18-26-13-10-22-8-9-23(29)28(22)19-24(11-2-1-3-12-24)27-14-16-30-17-15-27/h4-7,22,26H,1-3,8-19H2/t22-/m1/s1. The van der Waals surface area contributed by atoms with E-state index in [0.29, 0.717) is 18.4 Å². The average molecular weight is 418 g/mol. The quantitative estimate of drug-likeness (QED) is 0.659. The van der Waals surface area contributed by atoms with Crippen molar-refractivity contribution in [1.29, 1.82) is 0 Å². The number of rotatable bonds is 8. The molecule has 2 heterocycles. The van der Waals surface area contributed by atoms with Crippen molar-refractivity contribution in [2.24, 2.45) is 0 Å². The van der Waals surface area contributed by atoms with Gasteiger partial charge in [0.2, 0.25) is 5.91 Å². The Bertz CT molecular complexity index is 684. The van der Waals surface area contributed by atoms with Gasteiger partial charge in [0.1, 0.15) is 5.82 Å². The van der Waals surface area contributed by atoms with Crippen molar-refractivity contribution in [3.63, 3.8) is 0 Å². The number of ether oxygens (including phenoxy) is 1. The molecule has 3 fully saturated rings. The van der Waals surface area contributed by atoms with Crippen LogP contribution < -0.4 is 5.32 Å². The lowest BCUT2D eigenvalue weighted by Gasteiger charge is -2.50. The molecule has 1 amide bonds. The molecule has 0 bridgehead atoms. The largest absolute Gasteiger partial charge is 0.379 e. The Hall–Kier alpha value is -1.50. The van der Waals surface area contributed by atoms with Gasteiger partial charge in [0.15, 0.2) is 0 Å². The van der Waals surface area contributed by atoms with E-state index in [0.717, 1.165) is 64.3 Å². The van der Waals surface area contributed by atoms with Crippen LogP contribution in [0.1, 0.15) is 56.9 Å². The Balaban J connectivity index is 1.33. The van der Waals surface area contributed by atoms with E-state index in [9.17, 15) is 9.18 Å². The van der Waals surface area contributed by atoms with Crippen molar-refractivity contribution in [1.82, 2.24) is 15.1 Å². The molecule has 2 aliphatic heterocycles. The molecule has 1 saturated carbocycles. The smallest absolute Gasteiger partial charge is 0.222 e. The van der Waals surface area contributed by atoms with Crippen LogP contribution in [0.3, 0.4) is 0 Å². The molecule has 6 heteroatoms. The SMILES string of the molecule is O=C1CC[C@H](CCNCc2ccc(F)cc2)N1CC1(N2CCOCC2)CCCCC1. The van der Waals surface area contributed by atoms with Crippen LogP contribution >= 0.6 is 0 Å². The molecule has 3 aliphatic rings. The Morgan fingerprint density at radius 3 is 2.57 bits per heavy atom. The van der Waals surface area contributed by atoms with Crippen LogP contribution in [0.25, 0.3) is 0 Å². The molecular weight excluding hydrogens is 381 g/mol. The van der Waals surface area contributed by atoms with E-state index < -0.39 is 0 Å². The first-order valence-electron chi connectivity index (χ1n) is 11.7. The third-order valence-corrected chi connectivity index (χ3v) is 7.28. The summed E-state index contributed by atoms with van der Waals surface area (Å²) >= 11 is 0. The van der Waals surface area contributed by atoms with E-state index >= 15 is 0 Å². The van der Waals surface area contributed by atoms with Gasteiger partial charge in [-0.3, -0.25) is 9.69 Å². The summed E-state index contributed by atoms with van der Waals surface area (Å²) in [5, 5.41) is 3.47. The molecule has 1 aliphatic carbocycles. The van der Waals surface area contributed by atoms with Gasteiger partial charge in [0, 0.05) is 44.2 Å². The van der Waals surface area contributed by atoms with Gasteiger partial charge in [-0.05, 0) is 49.9 Å². The zero-order valence-corrected chi connectivity index (χ0v) is 18.1. The topological polar surface area (TPSA) is 44.8 Å². The van der Waals surface area contributed by atoms with Crippen LogP contribution in [-0.2, 0) is 16.1 Å². The number of nitrogens with one attached hydrogen (secondary N) is 1. The molecule has 0 radical (unpaired) electrons. The number of hydrogen-bond acceptors (Lipinski definition) is 4. The normalized spacial score (nSPS) is 25.0. The summed E-state index contributed by atoms with van der Waals surface area (Å²) in [5.41, 5.74) is 1.23. The minimum atomic E-state index is -0.198. The van der Waals surface area contributed by atoms with Crippen LogP contribution in [0.15, 0.2) is 24.3 Å². The number of carbonyl (C=O) groups is 1. The number of amides is 1. The summed E-state index contributed by atoms with van der Waals surface area (Å²) in [6, 6.07) is 6.98. The second-order valence-electron chi connectivity index (χ2n) is 9.19. The third-order valence-electron chi connectivity index (χ3n) is 7.28. The molecule has 1 atom stereocenters. The molecular formula is C24H36FN3O2. The second-order valence-corrected chi connectivity index (χ2v) is 9.19. The van der Waals surface area contributed by atoms with Crippen molar-refractivity contribution >= 4 is 5.91 Å². The molecule has 5 nitrogen and oxygen atoms in total. The first kappa shape index (κ1) is 21.7. The summed E-state index contributed by atoms with van der Waals surface area (Å²) in [4.78, 5) is 17.6. The van der Waals surface area contributed by atoms with Crippen molar-refractivity contribution in [2.75, 3.05) is 39.4 Å². The summed E-state index contributed by atoms with van der Waals surface area (Å²) < 4.78 is 18.7. The zero-order chi connectivity index (χ0) is 20.8. The first-order valence-corrected chi connectivity index (χ1v) is 11.7. The van der Waals surface area contributed by atoms with E-state index in [1.807, 2.05) is 12.1 Å². The first-order chi connectivity index (χ1) is 14.7. The maximum absolute atomic E-state index is 13.0. The maximum atomic E-state index is 13.0. The minimum absolute atomic E-state index is 0.141.